The van der Waals surface area contributed by atoms with Crippen LogP contribution in [-0.2, 0) is 4.74 Å². The van der Waals surface area contributed by atoms with Crippen molar-refractivity contribution in [1.82, 2.24) is 20.9 Å². The van der Waals surface area contributed by atoms with Gasteiger partial charge in [-0.15, -0.1) is 0 Å². The second-order valence-corrected chi connectivity index (χ2v) is 6.48. The van der Waals surface area contributed by atoms with Gasteiger partial charge in [0, 0.05) is 51.4 Å². The lowest BCUT2D eigenvalue weighted by atomic mass is 10.2. The zero-order valence-electron chi connectivity index (χ0n) is 17.0. The first kappa shape index (κ1) is 22.0. The van der Waals surface area contributed by atoms with Gasteiger partial charge in [-0.1, -0.05) is 0 Å². The van der Waals surface area contributed by atoms with Gasteiger partial charge in [0.1, 0.15) is 5.75 Å². The van der Waals surface area contributed by atoms with Crippen molar-refractivity contribution in [2.75, 3.05) is 66.1 Å². The number of rotatable bonds is 10. The van der Waals surface area contributed by atoms with E-state index in [9.17, 15) is 4.79 Å². The molecule has 3 N–H and O–H groups in total. The van der Waals surface area contributed by atoms with Gasteiger partial charge >= 0.3 is 0 Å². The normalized spacial score (nSPS) is 15.1. The molecule has 0 aromatic heterocycles. The van der Waals surface area contributed by atoms with Gasteiger partial charge in [0.25, 0.3) is 5.91 Å². The molecule has 1 heterocycles. The first-order chi connectivity index (χ1) is 13.7. The SMILES string of the molecule is CCNC(=NCCCN1CCOCC1)NCCNC(=O)c1ccc(OC)cc1. The van der Waals surface area contributed by atoms with Crippen molar-refractivity contribution in [3.63, 3.8) is 0 Å². The summed E-state index contributed by atoms with van der Waals surface area (Å²) in [5.74, 6) is 1.42. The molecule has 0 unspecified atom stereocenters. The molecule has 1 aliphatic heterocycles. The number of nitrogens with zero attached hydrogens (tertiary/aromatic N) is 2. The zero-order chi connectivity index (χ0) is 20.0. The van der Waals surface area contributed by atoms with Crippen molar-refractivity contribution < 1.29 is 14.3 Å². The van der Waals surface area contributed by atoms with E-state index < -0.39 is 0 Å². The number of benzene rings is 1. The fourth-order valence-electron chi connectivity index (χ4n) is 2.85. The minimum absolute atomic E-state index is 0.100. The van der Waals surface area contributed by atoms with E-state index in [0.29, 0.717) is 18.7 Å². The summed E-state index contributed by atoms with van der Waals surface area (Å²) in [7, 11) is 1.60. The third-order valence-corrected chi connectivity index (χ3v) is 4.41. The van der Waals surface area contributed by atoms with Crippen LogP contribution in [0.4, 0.5) is 0 Å². The maximum atomic E-state index is 12.1. The highest BCUT2D eigenvalue weighted by atomic mass is 16.5. The summed E-state index contributed by atoms with van der Waals surface area (Å²) in [5, 5.41) is 9.39. The molecule has 1 aromatic carbocycles. The molecule has 1 fully saturated rings. The molecule has 1 amide bonds. The third kappa shape index (κ3) is 8.14. The first-order valence-electron chi connectivity index (χ1n) is 9.97. The minimum atomic E-state index is -0.100. The lowest BCUT2D eigenvalue weighted by Gasteiger charge is -2.26. The summed E-state index contributed by atoms with van der Waals surface area (Å²) in [4.78, 5) is 19.1. The Labute approximate surface area is 167 Å². The van der Waals surface area contributed by atoms with Gasteiger partial charge in [-0.25, -0.2) is 0 Å². The predicted octanol–water partition coefficient (Wildman–Crippen LogP) is 0.702. The van der Waals surface area contributed by atoms with Gasteiger partial charge in [0.2, 0.25) is 0 Å². The van der Waals surface area contributed by atoms with Gasteiger partial charge in [0.15, 0.2) is 5.96 Å². The molecule has 0 saturated carbocycles. The fraction of sp³-hybridized carbons (Fsp3) is 0.600. The molecule has 0 radical (unpaired) electrons. The van der Waals surface area contributed by atoms with Crippen LogP contribution in [-0.4, -0.2) is 82.9 Å². The summed E-state index contributed by atoms with van der Waals surface area (Å²) in [6.45, 7) is 9.45. The summed E-state index contributed by atoms with van der Waals surface area (Å²) in [6.07, 6.45) is 1.02. The number of carbonyl (C=O) groups excluding carboxylic acids is 1. The molecule has 1 saturated heterocycles. The molecular formula is C20H33N5O3. The van der Waals surface area contributed by atoms with Crippen LogP contribution in [0.1, 0.15) is 23.7 Å². The van der Waals surface area contributed by atoms with E-state index in [0.717, 1.165) is 64.1 Å². The van der Waals surface area contributed by atoms with Crippen molar-refractivity contribution in [2.24, 2.45) is 4.99 Å². The van der Waals surface area contributed by atoms with E-state index in [1.54, 1.807) is 31.4 Å². The van der Waals surface area contributed by atoms with Gasteiger partial charge in [-0.2, -0.15) is 0 Å². The van der Waals surface area contributed by atoms with E-state index in [1.807, 2.05) is 6.92 Å². The second-order valence-electron chi connectivity index (χ2n) is 6.48. The Morgan fingerprint density at radius 1 is 1.14 bits per heavy atom. The van der Waals surface area contributed by atoms with Crippen LogP contribution in [0.25, 0.3) is 0 Å². The Morgan fingerprint density at radius 2 is 1.86 bits per heavy atom. The quantitative estimate of drug-likeness (QED) is 0.309. The molecule has 1 aromatic rings. The van der Waals surface area contributed by atoms with Gasteiger partial charge < -0.3 is 25.4 Å². The second kappa shape index (κ2) is 13.0. The summed E-state index contributed by atoms with van der Waals surface area (Å²) in [5.41, 5.74) is 0.615. The van der Waals surface area contributed by atoms with Crippen LogP contribution in [0.2, 0.25) is 0 Å². The van der Waals surface area contributed by atoms with Crippen LogP contribution < -0.4 is 20.7 Å². The van der Waals surface area contributed by atoms with Crippen molar-refractivity contribution in [3.05, 3.63) is 29.8 Å². The summed E-state index contributed by atoms with van der Waals surface area (Å²) < 4.78 is 10.5. The third-order valence-electron chi connectivity index (χ3n) is 4.41. The van der Waals surface area contributed by atoms with Gasteiger partial charge in [-0.3, -0.25) is 14.7 Å². The minimum Gasteiger partial charge on any atom is -0.497 e. The van der Waals surface area contributed by atoms with Crippen molar-refractivity contribution in [3.8, 4) is 5.75 Å². The summed E-state index contributed by atoms with van der Waals surface area (Å²) >= 11 is 0. The van der Waals surface area contributed by atoms with E-state index in [4.69, 9.17) is 9.47 Å². The average Bonchev–Trinajstić information content (AvgIpc) is 2.74. The smallest absolute Gasteiger partial charge is 0.251 e. The van der Waals surface area contributed by atoms with Crippen molar-refractivity contribution in [2.45, 2.75) is 13.3 Å². The Kier molecular flexibility index (Phi) is 10.2. The lowest BCUT2D eigenvalue weighted by molar-refractivity contribution is 0.0377. The zero-order valence-corrected chi connectivity index (χ0v) is 17.0. The Bertz CT molecular complexity index is 600. The lowest BCUT2D eigenvalue weighted by Crippen LogP contribution is -2.41. The molecule has 8 nitrogen and oxygen atoms in total. The molecular weight excluding hydrogens is 358 g/mol. The number of guanidine groups is 1. The van der Waals surface area contributed by atoms with Crippen LogP contribution in [0.15, 0.2) is 29.3 Å². The molecule has 1 aliphatic rings. The van der Waals surface area contributed by atoms with E-state index in [2.05, 4.69) is 25.8 Å². The van der Waals surface area contributed by atoms with Crippen molar-refractivity contribution >= 4 is 11.9 Å². The molecule has 28 heavy (non-hydrogen) atoms. The predicted molar refractivity (Wildman–Crippen MR) is 111 cm³/mol. The van der Waals surface area contributed by atoms with Gasteiger partial charge in [0.05, 0.1) is 20.3 Å². The first-order valence-corrected chi connectivity index (χ1v) is 9.97. The van der Waals surface area contributed by atoms with E-state index in [1.165, 1.54) is 0 Å². The van der Waals surface area contributed by atoms with Crippen LogP contribution >= 0.6 is 0 Å². The van der Waals surface area contributed by atoms with Crippen LogP contribution in [0, 0.1) is 0 Å². The molecule has 8 heteroatoms. The molecule has 156 valence electrons. The Balaban J connectivity index is 1.64. The topological polar surface area (TPSA) is 87.2 Å². The average molecular weight is 392 g/mol. The van der Waals surface area contributed by atoms with Gasteiger partial charge in [-0.05, 0) is 37.6 Å². The van der Waals surface area contributed by atoms with Crippen LogP contribution in [0.5, 0.6) is 5.75 Å². The molecule has 0 bridgehead atoms. The van der Waals surface area contributed by atoms with Crippen molar-refractivity contribution in [1.29, 1.82) is 0 Å². The number of methoxy groups -OCH3 is 1. The van der Waals surface area contributed by atoms with E-state index >= 15 is 0 Å². The fourth-order valence-corrected chi connectivity index (χ4v) is 2.85. The highest BCUT2D eigenvalue weighted by Crippen LogP contribution is 2.10. The number of hydrogen-bond acceptors (Lipinski definition) is 5. The standard InChI is InChI=1S/C20H33N5O3/c1-3-21-20(23-9-4-12-25-13-15-28-16-14-25)24-11-10-22-19(26)17-5-7-18(27-2)8-6-17/h5-8H,3-4,9-16H2,1-2H3,(H,22,26)(H2,21,23,24). The maximum absolute atomic E-state index is 12.1. The number of morpholine rings is 1. The molecule has 0 spiro atoms. The van der Waals surface area contributed by atoms with Crippen LogP contribution in [0.3, 0.4) is 0 Å². The number of aliphatic imine (C=N–C) groups is 1. The summed E-state index contributed by atoms with van der Waals surface area (Å²) in [6, 6.07) is 7.06. The highest BCUT2D eigenvalue weighted by molar-refractivity contribution is 5.94. The van der Waals surface area contributed by atoms with E-state index in [-0.39, 0.29) is 5.91 Å². The molecule has 2 rings (SSSR count). The number of carbonyl (C=O) groups is 1. The Morgan fingerprint density at radius 3 is 2.54 bits per heavy atom. The monoisotopic (exact) mass is 391 g/mol. The Hall–Kier alpha value is -2.32. The maximum Gasteiger partial charge on any atom is 0.251 e. The highest BCUT2D eigenvalue weighted by Gasteiger charge is 2.09. The number of amides is 1. The largest absolute Gasteiger partial charge is 0.497 e. The number of nitrogens with one attached hydrogen (secondary N) is 3. The molecule has 0 atom stereocenters. The number of hydrogen-bond donors (Lipinski definition) is 3. The molecule has 0 aliphatic carbocycles. The number of ether oxygens (including phenoxy) is 2.